The molecular weight excluding hydrogens is 144 g/mol. The van der Waals surface area contributed by atoms with Crippen LogP contribution in [0.5, 0.6) is 0 Å². The first-order valence-corrected chi connectivity index (χ1v) is 4.23. The second-order valence-corrected chi connectivity index (χ2v) is 4.03. The van der Waals surface area contributed by atoms with Crippen LogP contribution in [0.15, 0.2) is 30.3 Å². The van der Waals surface area contributed by atoms with E-state index in [9.17, 15) is 0 Å². The predicted octanol–water partition coefficient (Wildman–Crippen LogP) is 3.55. The molecule has 0 unspecified atom stereocenters. The molecule has 1 aromatic rings. The highest BCUT2D eigenvalue weighted by molar-refractivity contribution is 5.49. The molecule has 1 aromatic carbocycles. The van der Waals surface area contributed by atoms with Gasteiger partial charge in [-0.25, -0.2) is 0 Å². The molecular formula is C12H15. The van der Waals surface area contributed by atoms with Gasteiger partial charge in [0.25, 0.3) is 0 Å². The van der Waals surface area contributed by atoms with E-state index in [0.717, 1.165) is 0 Å². The van der Waals surface area contributed by atoms with Crippen LogP contribution < -0.4 is 0 Å². The maximum absolute atomic E-state index is 3.00. The van der Waals surface area contributed by atoms with Crippen LogP contribution in [0.1, 0.15) is 26.3 Å². The normalized spacial score (nSPS) is 12.2. The van der Waals surface area contributed by atoms with E-state index in [2.05, 4.69) is 51.1 Å². The Morgan fingerprint density at radius 3 is 2.25 bits per heavy atom. The first kappa shape index (κ1) is 9.05. The summed E-state index contributed by atoms with van der Waals surface area (Å²) in [4.78, 5) is 0. The summed E-state index contributed by atoms with van der Waals surface area (Å²) < 4.78 is 0. The molecule has 0 spiro atoms. The quantitative estimate of drug-likeness (QED) is 0.588. The molecule has 0 aliphatic rings. The summed E-state index contributed by atoms with van der Waals surface area (Å²) in [6.45, 7) is 6.58. The predicted molar refractivity (Wildman–Crippen MR) is 53.8 cm³/mol. The molecule has 0 nitrogen and oxygen atoms in total. The van der Waals surface area contributed by atoms with Crippen molar-refractivity contribution in [1.29, 1.82) is 0 Å². The molecule has 0 N–H and O–H groups in total. The van der Waals surface area contributed by atoms with Crippen molar-refractivity contribution in [2.75, 3.05) is 0 Å². The lowest BCUT2D eigenvalue weighted by Crippen LogP contribution is -1.97. The molecule has 0 saturated carbocycles. The van der Waals surface area contributed by atoms with E-state index in [1.807, 2.05) is 12.1 Å². The van der Waals surface area contributed by atoms with E-state index >= 15 is 0 Å². The van der Waals surface area contributed by atoms with Crippen LogP contribution in [0.2, 0.25) is 0 Å². The van der Waals surface area contributed by atoms with Gasteiger partial charge < -0.3 is 0 Å². The highest BCUT2D eigenvalue weighted by atomic mass is 14.1. The molecule has 0 heteroatoms. The molecule has 0 aliphatic carbocycles. The van der Waals surface area contributed by atoms with Crippen molar-refractivity contribution < 1.29 is 0 Å². The Morgan fingerprint density at radius 2 is 1.75 bits per heavy atom. The molecule has 1 radical (unpaired) electrons. The van der Waals surface area contributed by atoms with Crippen molar-refractivity contribution in [2.24, 2.45) is 5.41 Å². The minimum absolute atomic E-state index is 0.263. The van der Waals surface area contributed by atoms with Crippen LogP contribution in [0.25, 0.3) is 6.08 Å². The van der Waals surface area contributed by atoms with Crippen LogP contribution in [-0.2, 0) is 0 Å². The molecule has 0 atom stereocenters. The van der Waals surface area contributed by atoms with E-state index in [4.69, 9.17) is 0 Å². The van der Waals surface area contributed by atoms with Crippen molar-refractivity contribution in [3.05, 3.63) is 42.0 Å². The topological polar surface area (TPSA) is 0 Å². The largest absolute Gasteiger partial charge is 0.0785 e. The van der Waals surface area contributed by atoms with E-state index in [1.165, 1.54) is 5.56 Å². The van der Waals surface area contributed by atoms with Gasteiger partial charge in [0.15, 0.2) is 0 Å². The third-order valence-electron chi connectivity index (χ3n) is 1.52. The Kier molecular flexibility index (Phi) is 2.69. The van der Waals surface area contributed by atoms with Crippen LogP contribution >= 0.6 is 0 Å². The Morgan fingerprint density at radius 1 is 1.17 bits per heavy atom. The molecule has 0 amide bonds. The number of hydrogen-bond acceptors (Lipinski definition) is 0. The zero-order valence-corrected chi connectivity index (χ0v) is 7.96. The van der Waals surface area contributed by atoms with Crippen molar-refractivity contribution >= 4 is 6.08 Å². The standard InChI is InChI=1S/C12H15/c1-12(2,3)10-9-11-7-5-4-6-8-11/h5-10H,1-3H3/b10-9-. The van der Waals surface area contributed by atoms with Gasteiger partial charge in [-0.15, -0.1) is 0 Å². The summed E-state index contributed by atoms with van der Waals surface area (Å²) in [5.41, 5.74) is 1.50. The molecule has 0 saturated heterocycles. The fourth-order valence-electron chi connectivity index (χ4n) is 0.857. The molecule has 0 heterocycles. The number of allylic oxidation sites excluding steroid dienone is 1. The summed E-state index contributed by atoms with van der Waals surface area (Å²) in [5.74, 6) is 0. The van der Waals surface area contributed by atoms with E-state index in [-0.39, 0.29) is 5.41 Å². The number of hydrogen-bond donors (Lipinski definition) is 0. The molecule has 0 bridgehead atoms. The number of rotatable bonds is 1. The number of benzene rings is 1. The Bertz CT molecular complexity index is 249. The van der Waals surface area contributed by atoms with Gasteiger partial charge in [-0.1, -0.05) is 57.2 Å². The van der Waals surface area contributed by atoms with Gasteiger partial charge >= 0.3 is 0 Å². The highest BCUT2D eigenvalue weighted by Crippen LogP contribution is 2.16. The van der Waals surface area contributed by atoms with E-state index < -0.39 is 0 Å². The Balaban J connectivity index is 2.71. The van der Waals surface area contributed by atoms with Gasteiger partial charge in [0, 0.05) is 0 Å². The van der Waals surface area contributed by atoms with E-state index in [1.54, 1.807) is 0 Å². The SMILES string of the molecule is CC(C)(C)/C=C\c1cc[c]cc1. The summed E-state index contributed by atoms with van der Waals surface area (Å²) >= 11 is 0. The maximum Gasteiger partial charge on any atom is -0.0184 e. The smallest absolute Gasteiger partial charge is 0.0184 e. The Labute approximate surface area is 74.9 Å². The van der Waals surface area contributed by atoms with Crippen molar-refractivity contribution in [3.63, 3.8) is 0 Å². The lowest BCUT2D eigenvalue weighted by Gasteiger charge is -2.10. The Hall–Kier alpha value is -1.04. The van der Waals surface area contributed by atoms with Crippen molar-refractivity contribution in [2.45, 2.75) is 20.8 Å². The third kappa shape index (κ3) is 3.38. The molecule has 0 aromatic heterocycles. The van der Waals surface area contributed by atoms with Gasteiger partial charge in [0.05, 0.1) is 0 Å². The molecule has 1 rings (SSSR count). The van der Waals surface area contributed by atoms with Gasteiger partial charge in [0.1, 0.15) is 0 Å². The van der Waals surface area contributed by atoms with Crippen molar-refractivity contribution in [1.82, 2.24) is 0 Å². The third-order valence-corrected chi connectivity index (χ3v) is 1.52. The summed E-state index contributed by atoms with van der Waals surface area (Å²) in [6.07, 6.45) is 4.36. The van der Waals surface area contributed by atoms with E-state index in [0.29, 0.717) is 0 Å². The van der Waals surface area contributed by atoms with Crippen LogP contribution in [0, 0.1) is 11.5 Å². The second-order valence-electron chi connectivity index (χ2n) is 4.03. The molecule has 12 heavy (non-hydrogen) atoms. The monoisotopic (exact) mass is 159 g/mol. The van der Waals surface area contributed by atoms with Crippen molar-refractivity contribution in [3.8, 4) is 0 Å². The fourth-order valence-corrected chi connectivity index (χ4v) is 0.857. The summed E-state index contributed by atoms with van der Waals surface area (Å²) in [5, 5.41) is 0. The first-order chi connectivity index (χ1) is 5.58. The highest BCUT2D eigenvalue weighted by Gasteiger charge is 2.02. The molecule has 63 valence electrons. The average Bonchev–Trinajstić information content (AvgIpc) is 2.02. The summed E-state index contributed by atoms with van der Waals surface area (Å²) in [6, 6.07) is 11.0. The van der Waals surface area contributed by atoms with Gasteiger partial charge in [-0.3, -0.25) is 0 Å². The minimum Gasteiger partial charge on any atom is -0.0785 e. The van der Waals surface area contributed by atoms with Crippen LogP contribution in [-0.4, -0.2) is 0 Å². The second kappa shape index (κ2) is 3.57. The van der Waals surface area contributed by atoms with Gasteiger partial charge in [0.2, 0.25) is 0 Å². The average molecular weight is 159 g/mol. The zero-order valence-electron chi connectivity index (χ0n) is 7.96. The summed E-state index contributed by atoms with van der Waals surface area (Å²) in [7, 11) is 0. The van der Waals surface area contributed by atoms with Crippen LogP contribution in [0.4, 0.5) is 0 Å². The molecule has 0 aliphatic heterocycles. The zero-order chi connectivity index (χ0) is 9.03. The van der Waals surface area contributed by atoms with Crippen LogP contribution in [0.3, 0.4) is 0 Å². The maximum atomic E-state index is 3.00. The minimum atomic E-state index is 0.263. The lowest BCUT2D eigenvalue weighted by atomic mass is 9.95. The first-order valence-electron chi connectivity index (χ1n) is 4.23. The molecule has 0 fully saturated rings. The van der Waals surface area contributed by atoms with Gasteiger partial charge in [-0.2, -0.15) is 0 Å². The fraction of sp³-hybridized carbons (Fsp3) is 0.333. The lowest BCUT2D eigenvalue weighted by molar-refractivity contribution is 0.547. The van der Waals surface area contributed by atoms with Gasteiger partial charge in [-0.05, 0) is 17.0 Å².